The van der Waals surface area contributed by atoms with E-state index < -0.39 is 29.3 Å². The van der Waals surface area contributed by atoms with Crippen molar-refractivity contribution in [2.45, 2.75) is 117 Å². The highest BCUT2D eigenvalue weighted by Gasteiger charge is 2.43. The first-order chi connectivity index (χ1) is 17.6. The molecule has 0 aromatic heterocycles. The molecule has 3 N–H and O–H groups in total. The zero-order chi connectivity index (χ0) is 29.3. The second-order valence-electron chi connectivity index (χ2n) is 11.5. The number of phenolic OH excluding ortho intramolecular Hbond substituents is 1. The Morgan fingerprint density at radius 1 is 1.08 bits per heavy atom. The number of aryl methyl sites for hydroxylation is 1. The normalized spacial score (nSPS) is 14.3. The van der Waals surface area contributed by atoms with Gasteiger partial charge in [0.1, 0.15) is 23.4 Å². The molecule has 216 valence electrons. The number of amides is 3. The minimum absolute atomic E-state index is 0.0814. The largest absolute Gasteiger partial charge is 0.508 e. The molecule has 0 fully saturated rings. The lowest BCUT2D eigenvalue weighted by atomic mass is 9.91. The summed E-state index contributed by atoms with van der Waals surface area (Å²) < 4.78 is 5.46. The number of alkyl carbamates (subject to hydrolysis) is 1. The van der Waals surface area contributed by atoms with E-state index in [0.29, 0.717) is 29.7 Å². The van der Waals surface area contributed by atoms with Gasteiger partial charge in [-0.15, -0.1) is 0 Å². The number of carbonyl (C=O) groups is 3. The predicted octanol–water partition coefficient (Wildman–Crippen LogP) is 5.71. The summed E-state index contributed by atoms with van der Waals surface area (Å²) in [5.74, 6) is 0.0943. The van der Waals surface area contributed by atoms with Crippen LogP contribution in [0.4, 0.5) is 4.79 Å². The molecule has 0 aliphatic rings. The van der Waals surface area contributed by atoms with Crippen LogP contribution in [0.15, 0.2) is 18.2 Å². The van der Waals surface area contributed by atoms with Crippen LogP contribution < -0.4 is 10.6 Å². The van der Waals surface area contributed by atoms with Gasteiger partial charge in [0.2, 0.25) is 11.8 Å². The van der Waals surface area contributed by atoms with Crippen molar-refractivity contribution in [1.29, 1.82) is 0 Å². The van der Waals surface area contributed by atoms with E-state index >= 15 is 0 Å². The molecule has 0 bridgehead atoms. The summed E-state index contributed by atoms with van der Waals surface area (Å²) in [5, 5.41) is 16.0. The third-order valence-corrected chi connectivity index (χ3v) is 7.15. The van der Waals surface area contributed by atoms with Gasteiger partial charge in [0.15, 0.2) is 0 Å². The number of benzene rings is 1. The van der Waals surface area contributed by atoms with Gasteiger partial charge in [0.25, 0.3) is 0 Å². The van der Waals surface area contributed by atoms with Crippen LogP contribution >= 0.6 is 11.8 Å². The lowest BCUT2D eigenvalue weighted by molar-refractivity contribution is -0.149. The van der Waals surface area contributed by atoms with Crippen molar-refractivity contribution in [2.75, 3.05) is 12.0 Å². The summed E-state index contributed by atoms with van der Waals surface area (Å²) in [4.78, 5) is 42.6. The Kier molecular flexibility index (Phi) is 13.0. The Morgan fingerprint density at radius 2 is 1.71 bits per heavy atom. The first-order valence-corrected chi connectivity index (χ1v) is 14.9. The number of phenols is 1. The molecule has 8 nitrogen and oxygen atoms in total. The molecule has 0 radical (unpaired) electrons. The maximum atomic E-state index is 14.4. The molecule has 1 rings (SSSR count). The molecule has 0 aliphatic heterocycles. The number of ether oxygens (including phenoxy) is 1. The maximum absolute atomic E-state index is 14.4. The van der Waals surface area contributed by atoms with Gasteiger partial charge in [-0.2, -0.15) is 11.8 Å². The molecule has 3 atom stereocenters. The smallest absolute Gasteiger partial charge is 0.408 e. The van der Waals surface area contributed by atoms with Gasteiger partial charge >= 0.3 is 6.09 Å². The van der Waals surface area contributed by atoms with Gasteiger partial charge in [-0.1, -0.05) is 26.3 Å². The van der Waals surface area contributed by atoms with Crippen molar-refractivity contribution < 1.29 is 24.2 Å². The number of aromatic hydroxyl groups is 1. The van der Waals surface area contributed by atoms with E-state index in [0.717, 1.165) is 12.8 Å². The number of rotatable bonds is 13. The Morgan fingerprint density at radius 3 is 2.21 bits per heavy atom. The van der Waals surface area contributed by atoms with E-state index in [2.05, 4.69) is 17.6 Å². The lowest BCUT2D eigenvalue weighted by Crippen LogP contribution is -2.59. The van der Waals surface area contributed by atoms with E-state index in [1.807, 2.05) is 34.0 Å². The molecular formula is C29H49N3O5S. The van der Waals surface area contributed by atoms with Crippen LogP contribution in [-0.2, 0) is 14.3 Å². The molecule has 0 saturated heterocycles. The minimum atomic E-state index is -0.965. The zero-order valence-electron chi connectivity index (χ0n) is 24.9. The molecule has 0 spiro atoms. The van der Waals surface area contributed by atoms with Crippen molar-refractivity contribution in [3.63, 3.8) is 0 Å². The van der Waals surface area contributed by atoms with Crippen molar-refractivity contribution in [3.05, 3.63) is 29.3 Å². The molecule has 1 aromatic rings. The highest BCUT2D eigenvalue weighted by Crippen LogP contribution is 2.34. The van der Waals surface area contributed by atoms with Crippen molar-refractivity contribution in [3.8, 4) is 5.75 Å². The fraction of sp³-hybridized carbons (Fsp3) is 0.690. The summed E-state index contributed by atoms with van der Waals surface area (Å²) in [6.45, 7) is 16.9. The van der Waals surface area contributed by atoms with Crippen molar-refractivity contribution >= 4 is 29.7 Å². The highest BCUT2D eigenvalue weighted by atomic mass is 32.2. The van der Waals surface area contributed by atoms with Crippen LogP contribution in [-0.4, -0.2) is 63.1 Å². The first-order valence-electron chi connectivity index (χ1n) is 13.5. The number of hydrogen-bond acceptors (Lipinski definition) is 6. The van der Waals surface area contributed by atoms with E-state index in [4.69, 9.17) is 4.74 Å². The van der Waals surface area contributed by atoms with E-state index in [9.17, 15) is 19.5 Å². The zero-order valence-corrected chi connectivity index (χ0v) is 25.8. The monoisotopic (exact) mass is 551 g/mol. The Bertz CT molecular complexity index is 945. The Balaban J connectivity index is 3.67. The average Bonchev–Trinajstić information content (AvgIpc) is 2.80. The summed E-state index contributed by atoms with van der Waals surface area (Å²) in [6, 6.07) is 3.04. The molecule has 0 saturated carbocycles. The molecule has 0 heterocycles. The molecular weight excluding hydrogens is 502 g/mol. The summed E-state index contributed by atoms with van der Waals surface area (Å²) in [5.41, 5.74) is -0.251. The summed E-state index contributed by atoms with van der Waals surface area (Å²) >= 11 is 1.57. The Hall–Kier alpha value is -2.42. The fourth-order valence-corrected chi connectivity index (χ4v) is 4.62. The van der Waals surface area contributed by atoms with Gasteiger partial charge in [0, 0.05) is 11.6 Å². The fourth-order valence-electron chi connectivity index (χ4n) is 4.15. The average molecular weight is 552 g/mol. The van der Waals surface area contributed by atoms with Crippen LogP contribution in [0.2, 0.25) is 0 Å². The number of nitrogens with zero attached hydrogens (tertiary/aromatic N) is 1. The van der Waals surface area contributed by atoms with Crippen LogP contribution in [0.1, 0.15) is 98.2 Å². The van der Waals surface area contributed by atoms with Crippen molar-refractivity contribution in [2.24, 2.45) is 0 Å². The SMILES string of the molecule is CCCC(C)NC(=O)C(c1ccc(O)c(C)c1)N(C(=O)C(CCSC)NC(=O)OC(C)(C)C)C(C)(C)CC. The Labute approximate surface area is 233 Å². The van der Waals surface area contributed by atoms with Crippen LogP contribution in [0, 0.1) is 6.92 Å². The van der Waals surface area contributed by atoms with Gasteiger partial charge in [-0.25, -0.2) is 4.79 Å². The van der Waals surface area contributed by atoms with Crippen LogP contribution in [0.3, 0.4) is 0 Å². The molecule has 3 amide bonds. The quantitative estimate of drug-likeness (QED) is 0.290. The highest BCUT2D eigenvalue weighted by molar-refractivity contribution is 7.98. The van der Waals surface area contributed by atoms with Gasteiger partial charge in [0.05, 0.1) is 0 Å². The predicted molar refractivity (Wildman–Crippen MR) is 155 cm³/mol. The second-order valence-corrected chi connectivity index (χ2v) is 12.5. The maximum Gasteiger partial charge on any atom is 0.408 e. The number of carbonyl (C=O) groups excluding carboxylic acids is 3. The third kappa shape index (κ3) is 10.0. The summed E-state index contributed by atoms with van der Waals surface area (Å²) in [6.07, 6.45) is 3.92. The second kappa shape index (κ2) is 14.7. The number of thioether (sulfide) groups is 1. The first kappa shape index (κ1) is 33.6. The lowest BCUT2D eigenvalue weighted by Gasteiger charge is -2.45. The van der Waals surface area contributed by atoms with Crippen LogP contribution in [0.25, 0.3) is 0 Å². The number of nitrogens with one attached hydrogen (secondary N) is 2. The molecule has 9 heteroatoms. The van der Waals surface area contributed by atoms with Crippen LogP contribution in [0.5, 0.6) is 5.75 Å². The third-order valence-electron chi connectivity index (χ3n) is 6.51. The molecule has 0 aliphatic carbocycles. The molecule has 3 unspecified atom stereocenters. The minimum Gasteiger partial charge on any atom is -0.508 e. The molecule has 38 heavy (non-hydrogen) atoms. The topological polar surface area (TPSA) is 108 Å². The number of hydrogen-bond donors (Lipinski definition) is 3. The van der Waals surface area contributed by atoms with E-state index in [1.54, 1.807) is 62.6 Å². The van der Waals surface area contributed by atoms with E-state index in [1.165, 1.54) is 0 Å². The van der Waals surface area contributed by atoms with Gasteiger partial charge < -0.3 is 25.4 Å². The van der Waals surface area contributed by atoms with Gasteiger partial charge in [-0.05, 0) is 103 Å². The molecule has 1 aromatic carbocycles. The van der Waals surface area contributed by atoms with Gasteiger partial charge in [-0.3, -0.25) is 9.59 Å². The van der Waals surface area contributed by atoms with Crippen molar-refractivity contribution in [1.82, 2.24) is 15.5 Å². The summed E-state index contributed by atoms with van der Waals surface area (Å²) in [7, 11) is 0. The van der Waals surface area contributed by atoms with E-state index in [-0.39, 0.29) is 23.6 Å². The standard InChI is InChI=1S/C29H49N3O5S/c1-11-13-20(4)30-25(34)24(21-14-15-23(33)19(3)18-21)32(29(8,9)12-2)26(35)22(16-17-38-10)31-27(36)37-28(5,6)7/h14-15,18,20,22,24,33H,11-13,16-17H2,1-10H3,(H,30,34)(H,31,36).